The molecule has 0 aromatic heterocycles. The van der Waals surface area contributed by atoms with Gasteiger partial charge >= 0.3 is 6.09 Å². The number of carbonyl (C=O) groups is 2. The molecule has 1 amide bonds. The molecule has 19 heavy (non-hydrogen) atoms. The lowest BCUT2D eigenvalue weighted by atomic mass is 10.2. The molecule has 0 aliphatic heterocycles. The molecule has 0 unspecified atom stereocenters. The highest BCUT2D eigenvalue weighted by molar-refractivity contribution is 6.35. The summed E-state index contributed by atoms with van der Waals surface area (Å²) < 4.78 is 5.23. The Morgan fingerprint density at radius 1 is 1.26 bits per heavy atom. The summed E-state index contributed by atoms with van der Waals surface area (Å²) in [5.41, 5.74) is -0.237. The average molecular weight is 304 g/mol. The molecule has 0 radical (unpaired) electrons. The fourth-order valence-corrected chi connectivity index (χ4v) is 1.89. The zero-order chi connectivity index (χ0) is 14.6. The minimum atomic E-state index is -0.652. The quantitative estimate of drug-likeness (QED) is 0.795. The van der Waals surface area contributed by atoms with Gasteiger partial charge in [-0.2, -0.15) is 0 Å². The minimum Gasteiger partial charge on any atom is -0.443 e. The van der Waals surface area contributed by atoms with Crippen LogP contribution in [0.3, 0.4) is 0 Å². The van der Waals surface area contributed by atoms with Gasteiger partial charge in [0.1, 0.15) is 11.9 Å². The van der Waals surface area contributed by atoms with E-state index in [1.165, 1.54) is 4.90 Å². The molecule has 0 fully saturated rings. The third kappa shape index (κ3) is 5.09. The first-order valence-corrected chi connectivity index (χ1v) is 6.39. The van der Waals surface area contributed by atoms with E-state index in [-0.39, 0.29) is 6.54 Å². The van der Waals surface area contributed by atoms with Gasteiger partial charge in [0.2, 0.25) is 0 Å². The van der Waals surface area contributed by atoms with Crippen LogP contribution in [-0.4, -0.2) is 24.5 Å². The molecule has 104 valence electrons. The molecular formula is C13H15Cl2NO3. The van der Waals surface area contributed by atoms with Gasteiger partial charge in [-0.1, -0.05) is 23.2 Å². The zero-order valence-corrected chi connectivity index (χ0v) is 12.5. The molecule has 0 atom stereocenters. The zero-order valence-electron chi connectivity index (χ0n) is 10.9. The van der Waals surface area contributed by atoms with Gasteiger partial charge in [-0.25, -0.2) is 4.79 Å². The lowest BCUT2D eigenvalue weighted by molar-refractivity contribution is -0.106. The number of hydrogen-bond donors (Lipinski definition) is 0. The van der Waals surface area contributed by atoms with Crippen molar-refractivity contribution >= 4 is 41.3 Å². The van der Waals surface area contributed by atoms with Crippen molar-refractivity contribution in [1.82, 2.24) is 0 Å². The highest BCUT2D eigenvalue weighted by Crippen LogP contribution is 2.26. The molecule has 1 aromatic carbocycles. The van der Waals surface area contributed by atoms with E-state index < -0.39 is 11.7 Å². The Kier molecular flexibility index (Phi) is 5.20. The summed E-state index contributed by atoms with van der Waals surface area (Å²) >= 11 is 11.8. The van der Waals surface area contributed by atoms with Crippen LogP contribution in [0.1, 0.15) is 20.8 Å². The molecule has 0 bridgehead atoms. The van der Waals surface area contributed by atoms with E-state index in [1.54, 1.807) is 39.0 Å². The van der Waals surface area contributed by atoms with Gasteiger partial charge < -0.3 is 9.53 Å². The van der Waals surface area contributed by atoms with Crippen LogP contribution in [0, 0.1) is 0 Å². The number of anilines is 1. The number of nitrogens with zero attached hydrogens (tertiary/aromatic N) is 1. The predicted octanol–water partition coefficient (Wildman–Crippen LogP) is 3.93. The molecule has 1 rings (SSSR count). The van der Waals surface area contributed by atoms with Gasteiger partial charge in [0.05, 0.1) is 12.2 Å². The Balaban J connectivity index is 3.05. The summed E-state index contributed by atoms with van der Waals surface area (Å²) in [6.07, 6.45) is -0.0171. The fraction of sp³-hybridized carbons (Fsp3) is 0.385. The lowest BCUT2D eigenvalue weighted by Crippen LogP contribution is -2.38. The second-order valence-corrected chi connectivity index (χ2v) is 5.76. The number of halogens is 2. The fourth-order valence-electron chi connectivity index (χ4n) is 1.37. The Bertz CT molecular complexity index is 463. The van der Waals surface area contributed by atoms with Crippen molar-refractivity contribution in [1.29, 1.82) is 0 Å². The van der Waals surface area contributed by atoms with Gasteiger partial charge in [0.15, 0.2) is 0 Å². The van der Waals surface area contributed by atoms with Crippen molar-refractivity contribution in [2.45, 2.75) is 26.4 Å². The number of ether oxygens (including phenoxy) is 1. The van der Waals surface area contributed by atoms with Gasteiger partial charge in [0, 0.05) is 10.0 Å². The third-order valence-corrected chi connectivity index (χ3v) is 2.47. The van der Waals surface area contributed by atoms with E-state index in [0.717, 1.165) is 0 Å². The maximum atomic E-state index is 12.0. The van der Waals surface area contributed by atoms with Crippen LogP contribution in [0.25, 0.3) is 0 Å². The highest BCUT2D eigenvalue weighted by atomic mass is 35.5. The number of amides is 1. The molecule has 6 heteroatoms. The van der Waals surface area contributed by atoms with E-state index >= 15 is 0 Å². The van der Waals surface area contributed by atoms with Gasteiger partial charge in [-0.3, -0.25) is 4.90 Å². The van der Waals surface area contributed by atoms with Crippen molar-refractivity contribution in [3.05, 3.63) is 28.2 Å². The molecule has 0 saturated heterocycles. The number of aldehydes is 1. The molecule has 1 aromatic rings. The largest absolute Gasteiger partial charge is 0.443 e. The van der Waals surface area contributed by atoms with Crippen molar-refractivity contribution in [3.63, 3.8) is 0 Å². The Morgan fingerprint density at radius 2 is 1.79 bits per heavy atom. The SMILES string of the molecule is CC(C)(C)OC(=O)N(CC=O)c1cc(Cl)cc(Cl)c1. The second kappa shape index (κ2) is 6.26. The Hall–Kier alpha value is -1.26. The Labute approximate surface area is 122 Å². The van der Waals surface area contributed by atoms with E-state index in [1.807, 2.05) is 0 Å². The van der Waals surface area contributed by atoms with Crippen LogP contribution in [0.15, 0.2) is 18.2 Å². The highest BCUT2D eigenvalue weighted by Gasteiger charge is 2.23. The maximum absolute atomic E-state index is 12.0. The first-order valence-electron chi connectivity index (χ1n) is 5.63. The summed E-state index contributed by atoms with van der Waals surface area (Å²) in [4.78, 5) is 23.9. The van der Waals surface area contributed by atoms with Crippen molar-refractivity contribution in [2.75, 3.05) is 11.4 Å². The maximum Gasteiger partial charge on any atom is 0.415 e. The number of hydrogen-bond acceptors (Lipinski definition) is 3. The first-order chi connectivity index (χ1) is 8.73. The number of carbonyl (C=O) groups excluding carboxylic acids is 2. The third-order valence-electron chi connectivity index (χ3n) is 2.03. The molecule has 0 aliphatic carbocycles. The van der Waals surface area contributed by atoms with Crippen molar-refractivity contribution < 1.29 is 14.3 Å². The van der Waals surface area contributed by atoms with Gasteiger partial charge in [-0.15, -0.1) is 0 Å². The number of benzene rings is 1. The number of rotatable bonds is 3. The second-order valence-electron chi connectivity index (χ2n) is 4.89. The summed E-state index contributed by atoms with van der Waals surface area (Å²) in [5, 5.41) is 0.754. The van der Waals surface area contributed by atoms with Crippen LogP contribution in [-0.2, 0) is 9.53 Å². The Morgan fingerprint density at radius 3 is 2.21 bits per heavy atom. The van der Waals surface area contributed by atoms with Crippen LogP contribution in [0.5, 0.6) is 0 Å². The summed E-state index contributed by atoms with van der Waals surface area (Å²) in [5.74, 6) is 0. The van der Waals surface area contributed by atoms with Crippen LogP contribution in [0.2, 0.25) is 10.0 Å². The molecule has 0 spiro atoms. The summed E-state index contributed by atoms with van der Waals surface area (Å²) in [6, 6.07) is 4.63. The molecule has 0 heterocycles. The van der Waals surface area contributed by atoms with Crippen LogP contribution >= 0.6 is 23.2 Å². The standard InChI is InChI=1S/C13H15Cl2NO3/c1-13(2,3)19-12(18)16(4-5-17)11-7-9(14)6-10(15)8-11/h5-8H,4H2,1-3H3. The van der Waals surface area contributed by atoms with E-state index in [0.29, 0.717) is 22.0 Å². The minimum absolute atomic E-state index is 0.133. The summed E-state index contributed by atoms with van der Waals surface area (Å²) in [7, 11) is 0. The molecule has 0 N–H and O–H groups in total. The van der Waals surface area contributed by atoms with E-state index in [2.05, 4.69) is 0 Å². The van der Waals surface area contributed by atoms with Crippen molar-refractivity contribution in [3.8, 4) is 0 Å². The first kappa shape index (κ1) is 15.8. The monoisotopic (exact) mass is 303 g/mol. The summed E-state index contributed by atoms with van der Waals surface area (Å²) in [6.45, 7) is 5.10. The average Bonchev–Trinajstić information content (AvgIpc) is 2.21. The normalized spacial score (nSPS) is 11.0. The van der Waals surface area contributed by atoms with Crippen LogP contribution < -0.4 is 4.90 Å². The predicted molar refractivity (Wildman–Crippen MR) is 76.1 cm³/mol. The van der Waals surface area contributed by atoms with Crippen molar-refractivity contribution in [2.24, 2.45) is 0 Å². The molecular weight excluding hydrogens is 289 g/mol. The van der Waals surface area contributed by atoms with Gasteiger partial charge in [-0.05, 0) is 39.0 Å². The van der Waals surface area contributed by atoms with E-state index in [9.17, 15) is 9.59 Å². The molecule has 0 aliphatic rings. The van der Waals surface area contributed by atoms with Crippen LogP contribution in [0.4, 0.5) is 10.5 Å². The lowest BCUT2D eigenvalue weighted by Gasteiger charge is -2.26. The smallest absolute Gasteiger partial charge is 0.415 e. The van der Waals surface area contributed by atoms with E-state index in [4.69, 9.17) is 27.9 Å². The topological polar surface area (TPSA) is 46.6 Å². The molecule has 4 nitrogen and oxygen atoms in total. The molecule has 0 saturated carbocycles. The van der Waals surface area contributed by atoms with Gasteiger partial charge in [0.25, 0.3) is 0 Å².